The van der Waals surface area contributed by atoms with Crippen LogP contribution in [0.3, 0.4) is 0 Å². The van der Waals surface area contributed by atoms with E-state index >= 15 is 0 Å². The fourth-order valence-corrected chi connectivity index (χ4v) is 5.44. The van der Waals surface area contributed by atoms with Gasteiger partial charge in [-0.3, -0.25) is 9.59 Å². The van der Waals surface area contributed by atoms with Gasteiger partial charge in [-0.25, -0.2) is 19.6 Å². The third-order valence-corrected chi connectivity index (χ3v) is 7.97. The molecule has 43 heavy (non-hydrogen) atoms. The summed E-state index contributed by atoms with van der Waals surface area (Å²) in [6, 6.07) is 7.94. The molecule has 1 aromatic heterocycles. The molecule has 0 bridgehead atoms. The Bertz CT molecular complexity index is 1290. The summed E-state index contributed by atoms with van der Waals surface area (Å²) in [6.45, 7) is 7.77. The fourth-order valence-electron chi connectivity index (χ4n) is 5.44. The first-order chi connectivity index (χ1) is 20.8. The van der Waals surface area contributed by atoms with Crippen molar-refractivity contribution in [2.45, 2.75) is 77.7 Å². The van der Waals surface area contributed by atoms with Crippen LogP contribution in [0.5, 0.6) is 0 Å². The van der Waals surface area contributed by atoms with E-state index in [1.807, 2.05) is 19.9 Å². The summed E-state index contributed by atoms with van der Waals surface area (Å²) in [5, 5.41) is 2.89. The summed E-state index contributed by atoms with van der Waals surface area (Å²) in [5.74, 6) is -0.489. The number of nitrogens with zero attached hydrogens (tertiary/aromatic N) is 4. The molecule has 2 fully saturated rings. The monoisotopic (exact) mass is 593 g/mol. The van der Waals surface area contributed by atoms with Crippen LogP contribution in [0.25, 0.3) is 11.4 Å². The highest BCUT2D eigenvalue weighted by atomic mass is 16.6. The molecule has 3 amide bonds. The van der Waals surface area contributed by atoms with E-state index < -0.39 is 17.9 Å². The topological polar surface area (TPSA) is 131 Å². The van der Waals surface area contributed by atoms with Gasteiger partial charge in [-0.15, -0.1) is 0 Å². The van der Waals surface area contributed by atoms with E-state index in [9.17, 15) is 19.2 Å². The van der Waals surface area contributed by atoms with Crippen molar-refractivity contribution in [2.24, 2.45) is 0 Å². The van der Waals surface area contributed by atoms with Crippen molar-refractivity contribution in [3.63, 3.8) is 0 Å². The van der Waals surface area contributed by atoms with Crippen LogP contribution in [0.2, 0.25) is 0 Å². The maximum absolute atomic E-state index is 13.6. The summed E-state index contributed by atoms with van der Waals surface area (Å²) < 4.78 is 10.4. The normalized spacial score (nSPS) is 16.1. The van der Waals surface area contributed by atoms with Gasteiger partial charge in [0, 0.05) is 43.4 Å². The molecule has 1 saturated heterocycles. The molecule has 1 saturated carbocycles. The van der Waals surface area contributed by atoms with Gasteiger partial charge in [0.1, 0.15) is 11.7 Å². The van der Waals surface area contributed by atoms with Crippen molar-refractivity contribution in [1.29, 1.82) is 0 Å². The van der Waals surface area contributed by atoms with Gasteiger partial charge in [0.2, 0.25) is 5.91 Å². The lowest BCUT2D eigenvalue weighted by Crippen LogP contribution is -2.55. The number of aromatic nitrogens is 2. The predicted octanol–water partition coefficient (Wildman–Crippen LogP) is 4.57. The van der Waals surface area contributed by atoms with Crippen LogP contribution in [0.1, 0.15) is 98.2 Å². The van der Waals surface area contributed by atoms with Gasteiger partial charge in [0.15, 0.2) is 5.82 Å². The van der Waals surface area contributed by atoms with Gasteiger partial charge in [0.25, 0.3) is 5.91 Å². The Labute approximate surface area is 253 Å². The average Bonchev–Trinajstić information content (AvgIpc) is 3.59. The third-order valence-electron chi connectivity index (χ3n) is 7.97. The third kappa shape index (κ3) is 8.30. The van der Waals surface area contributed by atoms with Gasteiger partial charge >= 0.3 is 12.1 Å². The van der Waals surface area contributed by atoms with Gasteiger partial charge in [-0.05, 0) is 50.8 Å². The second-order valence-corrected chi connectivity index (χ2v) is 11.0. The lowest BCUT2D eigenvalue weighted by atomic mass is 10.0. The zero-order valence-electron chi connectivity index (χ0n) is 25.5. The minimum atomic E-state index is -0.740. The molecule has 4 rings (SSSR count). The Hall–Kier alpha value is -4.02. The molecule has 11 heteroatoms. The smallest absolute Gasteiger partial charge is 0.409 e. The van der Waals surface area contributed by atoms with E-state index in [4.69, 9.17) is 14.5 Å². The molecule has 1 N–H and O–H groups in total. The van der Waals surface area contributed by atoms with Crippen molar-refractivity contribution in [3.8, 4) is 11.4 Å². The molecule has 232 valence electrons. The van der Waals surface area contributed by atoms with Crippen LogP contribution in [0.4, 0.5) is 4.79 Å². The van der Waals surface area contributed by atoms with Gasteiger partial charge in [-0.1, -0.05) is 45.2 Å². The summed E-state index contributed by atoms with van der Waals surface area (Å²) in [4.78, 5) is 64.2. The second kappa shape index (κ2) is 15.5. The number of carbonyl (C=O) groups is 4. The Morgan fingerprint density at radius 3 is 2.35 bits per heavy atom. The van der Waals surface area contributed by atoms with Crippen LogP contribution < -0.4 is 5.32 Å². The van der Waals surface area contributed by atoms with E-state index in [0.29, 0.717) is 62.8 Å². The van der Waals surface area contributed by atoms with Crippen LogP contribution >= 0.6 is 0 Å². The molecule has 0 radical (unpaired) electrons. The molecular formula is C32H43N5O6. The van der Waals surface area contributed by atoms with Crippen molar-refractivity contribution in [2.75, 3.05) is 39.4 Å². The molecule has 2 heterocycles. The van der Waals surface area contributed by atoms with Gasteiger partial charge in [-0.2, -0.15) is 0 Å². The molecule has 1 unspecified atom stereocenters. The SMILES string of the molecule is CCCCOC(=O)c1cccc(-c2nc(C(=O)NC(CC)C(=O)N3CCN(C(=O)OCC)CC3)cc(C3CCCC3)n2)c1. The standard InChI is InChI=1S/C32H43N5O6/c1-4-7-19-43-31(40)24-14-10-13-23(20-24)28-33-26(22-11-8-9-12-22)21-27(34-28)29(38)35-25(5-2)30(39)36-15-17-37(18-16-36)32(41)42-6-3/h10,13-14,20-22,25H,4-9,11-12,15-19H2,1-3H3,(H,35,38). The second-order valence-electron chi connectivity index (χ2n) is 11.0. The predicted molar refractivity (Wildman–Crippen MR) is 161 cm³/mol. The lowest BCUT2D eigenvalue weighted by molar-refractivity contribution is -0.134. The molecule has 1 aliphatic carbocycles. The number of nitrogens with one attached hydrogen (secondary N) is 1. The Morgan fingerprint density at radius 1 is 0.953 bits per heavy atom. The largest absolute Gasteiger partial charge is 0.462 e. The van der Waals surface area contributed by atoms with Crippen LogP contribution in [-0.4, -0.2) is 89.1 Å². The van der Waals surface area contributed by atoms with E-state index in [0.717, 1.165) is 44.2 Å². The molecule has 1 atom stereocenters. The molecule has 2 aliphatic rings. The number of hydrogen-bond acceptors (Lipinski definition) is 8. The first kappa shape index (κ1) is 31.9. The van der Waals surface area contributed by atoms with Crippen LogP contribution in [-0.2, 0) is 14.3 Å². The fraction of sp³-hybridized carbons (Fsp3) is 0.562. The Kier molecular flexibility index (Phi) is 11.5. The highest BCUT2D eigenvalue weighted by molar-refractivity contribution is 5.96. The number of amides is 3. The van der Waals surface area contributed by atoms with E-state index in [1.165, 1.54) is 0 Å². The minimum absolute atomic E-state index is 0.182. The Balaban J connectivity index is 1.52. The van der Waals surface area contributed by atoms with Crippen molar-refractivity contribution >= 4 is 23.9 Å². The maximum Gasteiger partial charge on any atom is 0.409 e. The number of piperazine rings is 1. The zero-order chi connectivity index (χ0) is 30.8. The molecule has 2 aromatic rings. The first-order valence-electron chi connectivity index (χ1n) is 15.5. The lowest BCUT2D eigenvalue weighted by Gasteiger charge is -2.35. The molecule has 11 nitrogen and oxygen atoms in total. The van der Waals surface area contributed by atoms with Crippen molar-refractivity contribution in [1.82, 2.24) is 25.1 Å². The first-order valence-corrected chi connectivity index (χ1v) is 15.5. The summed E-state index contributed by atoms with van der Waals surface area (Å²) in [7, 11) is 0. The van der Waals surface area contributed by atoms with Crippen molar-refractivity contribution in [3.05, 3.63) is 47.3 Å². The van der Waals surface area contributed by atoms with Crippen LogP contribution in [0.15, 0.2) is 30.3 Å². The van der Waals surface area contributed by atoms with E-state index in [-0.39, 0.29) is 23.6 Å². The quantitative estimate of drug-likeness (QED) is 0.296. The minimum Gasteiger partial charge on any atom is -0.462 e. The molecule has 0 spiro atoms. The number of ether oxygens (including phenoxy) is 2. The molecule has 1 aliphatic heterocycles. The number of esters is 1. The number of hydrogen-bond donors (Lipinski definition) is 1. The maximum atomic E-state index is 13.6. The zero-order valence-corrected chi connectivity index (χ0v) is 25.5. The highest BCUT2D eigenvalue weighted by Gasteiger charge is 2.30. The number of carbonyl (C=O) groups excluding carboxylic acids is 4. The number of benzene rings is 1. The van der Waals surface area contributed by atoms with Gasteiger partial charge in [0.05, 0.1) is 18.8 Å². The van der Waals surface area contributed by atoms with E-state index in [2.05, 4.69) is 10.3 Å². The van der Waals surface area contributed by atoms with Gasteiger partial charge < -0.3 is 24.6 Å². The Morgan fingerprint density at radius 2 is 1.67 bits per heavy atom. The summed E-state index contributed by atoms with van der Waals surface area (Å²) >= 11 is 0. The summed E-state index contributed by atoms with van der Waals surface area (Å²) in [6.07, 6.45) is 5.90. The van der Waals surface area contributed by atoms with E-state index in [1.54, 1.807) is 41.0 Å². The number of rotatable bonds is 11. The average molecular weight is 594 g/mol. The van der Waals surface area contributed by atoms with Crippen molar-refractivity contribution < 1.29 is 28.7 Å². The van der Waals surface area contributed by atoms with Crippen LogP contribution in [0, 0.1) is 0 Å². The molecular weight excluding hydrogens is 550 g/mol. The number of unbranched alkanes of at least 4 members (excludes halogenated alkanes) is 1. The highest BCUT2D eigenvalue weighted by Crippen LogP contribution is 2.34. The summed E-state index contributed by atoms with van der Waals surface area (Å²) in [5.41, 5.74) is 1.98. The molecule has 1 aromatic carbocycles.